The molecule has 2 amide bonds. The van der Waals surface area contributed by atoms with Crippen molar-refractivity contribution in [1.82, 2.24) is 0 Å². The number of hydrogen-bond donors (Lipinski definition) is 1. The van der Waals surface area contributed by atoms with Crippen molar-refractivity contribution in [1.29, 1.82) is 0 Å². The van der Waals surface area contributed by atoms with Gasteiger partial charge < -0.3 is 10.2 Å². The largest absolute Gasteiger partial charge is 0.326 e. The second-order valence-electron chi connectivity index (χ2n) is 6.65. The SMILES string of the molecule is Cc1ccc(NC(=O)C2CC(=O)N(c3ccc(Br)c(C)c3)C2)c(C)c1. The first kappa shape index (κ1) is 17.7. The van der Waals surface area contributed by atoms with Gasteiger partial charge in [0, 0.05) is 28.8 Å². The van der Waals surface area contributed by atoms with Crippen molar-refractivity contribution in [3.05, 3.63) is 57.6 Å². The van der Waals surface area contributed by atoms with Crippen LogP contribution in [-0.2, 0) is 9.59 Å². The van der Waals surface area contributed by atoms with E-state index in [0.29, 0.717) is 6.54 Å². The lowest BCUT2D eigenvalue weighted by Gasteiger charge is -2.18. The molecule has 1 atom stereocenters. The Morgan fingerprint density at radius 2 is 1.88 bits per heavy atom. The molecule has 4 nitrogen and oxygen atoms in total. The van der Waals surface area contributed by atoms with Crippen LogP contribution >= 0.6 is 15.9 Å². The Balaban J connectivity index is 1.73. The molecule has 0 bridgehead atoms. The van der Waals surface area contributed by atoms with Gasteiger partial charge in [0.25, 0.3) is 0 Å². The number of nitrogens with one attached hydrogen (secondary N) is 1. The molecule has 2 aromatic carbocycles. The van der Waals surface area contributed by atoms with Crippen LogP contribution in [0, 0.1) is 26.7 Å². The van der Waals surface area contributed by atoms with Crippen molar-refractivity contribution in [2.75, 3.05) is 16.8 Å². The van der Waals surface area contributed by atoms with Crippen LogP contribution in [0.4, 0.5) is 11.4 Å². The molecule has 1 unspecified atom stereocenters. The number of carbonyl (C=O) groups is 2. The maximum absolute atomic E-state index is 12.6. The number of hydrogen-bond acceptors (Lipinski definition) is 2. The first-order valence-electron chi connectivity index (χ1n) is 8.30. The summed E-state index contributed by atoms with van der Waals surface area (Å²) in [5.41, 5.74) is 4.89. The molecule has 0 saturated carbocycles. The normalized spacial score (nSPS) is 17.0. The minimum absolute atomic E-state index is 0.0116. The van der Waals surface area contributed by atoms with Gasteiger partial charge in [0.1, 0.15) is 0 Å². The van der Waals surface area contributed by atoms with Gasteiger partial charge in [-0.15, -0.1) is 0 Å². The molecule has 1 fully saturated rings. The molecule has 1 aliphatic rings. The van der Waals surface area contributed by atoms with Gasteiger partial charge in [-0.2, -0.15) is 0 Å². The van der Waals surface area contributed by atoms with Crippen LogP contribution in [0.1, 0.15) is 23.1 Å². The molecule has 3 rings (SSSR count). The van der Waals surface area contributed by atoms with Crippen molar-refractivity contribution in [3.63, 3.8) is 0 Å². The van der Waals surface area contributed by atoms with Crippen LogP contribution in [0.2, 0.25) is 0 Å². The highest BCUT2D eigenvalue weighted by Gasteiger charge is 2.35. The minimum Gasteiger partial charge on any atom is -0.326 e. The zero-order chi connectivity index (χ0) is 18.1. The van der Waals surface area contributed by atoms with E-state index in [9.17, 15) is 9.59 Å². The molecule has 0 aromatic heterocycles. The lowest BCUT2D eigenvalue weighted by atomic mass is 10.1. The van der Waals surface area contributed by atoms with Crippen LogP contribution in [0.25, 0.3) is 0 Å². The van der Waals surface area contributed by atoms with E-state index in [1.54, 1.807) is 4.90 Å². The second kappa shape index (κ2) is 7.00. The number of aryl methyl sites for hydroxylation is 3. The van der Waals surface area contributed by atoms with E-state index < -0.39 is 0 Å². The summed E-state index contributed by atoms with van der Waals surface area (Å²) in [6.45, 7) is 6.39. The van der Waals surface area contributed by atoms with E-state index in [0.717, 1.165) is 32.5 Å². The monoisotopic (exact) mass is 400 g/mol. The molecule has 1 heterocycles. The third kappa shape index (κ3) is 3.76. The lowest BCUT2D eigenvalue weighted by molar-refractivity contribution is -0.122. The first-order valence-corrected chi connectivity index (χ1v) is 9.09. The van der Waals surface area contributed by atoms with Crippen molar-refractivity contribution in [3.8, 4) is 0 Å². The first-order chi connectivity index (χ1) is 11.8. The third-order valence-corrected chi connectivity index (χ3v) is 5.48. The van der Waals surface area contributed by atoms with E-state index in [1.807, 2.05) is 57.2 Å². The van der Waals surface area contributed by atoms with Crippen LogP contribution < -0.4 is 10.2 Å². The fraction of sp³-hybridized carbons (Fsp3) is 0.300. The fourth-order valence-electron chi connectivity index (χ4n) is 3.12. The average molecular weight is 401 g/mol. The molecule has 1 saturated heterocycles. The van der Waals surface area contributed by atoms with Crippen LogP contribution in [0.15, 0.2) is 40.9 Å². The van der Waals surface area contributed by atoms with Crippen molar-refractivity contribution < 1.29 is 9.59 Å². The van der Waals surface area contributed by atoms with E-state index >= 15 is 0 Å². The molecule has 0 radical (unpaired) electrons. The van der Waals surface area contributed by atoms with E-state index in [4.69, 9.17) is 0 Å². The Morgan fingerprint density at radius 1 is 1.12 bits per heavy atom. The zero-order valence-electron chi connectivity index (χ0n) is 14.6. The minimum atomic E-state index is -0.336. The van der Waals surface area contributed by atoms with E-state index in [-0.39, 0.29) is 24.2 Å². The molecule has 0 spiro atoms. The van der Waals surface area contributed by atoms with Gasteiger partial charge in [-0.05, 0) is 56.2 Å². The number of rotatable bonds is 3. The molecule has 5 heteroatoms. The van der Waals surface area contributed by atoms with Crippen LogP contribution in [0.3, 0.4) is 0 Å². The number of nitrogens with zero attached hydrogens (tertiary/aromatic N) is 1. The predicted octanol–water partition coefficient (Wildman–Crippen LogP) is 4.37. The van der Waals surface area contributed by atoms with Gasteiger partial charge >= 0.3 is 0 Å². The Bertz CT molecular complexity index is 848. The third-order valence-electron chi connectivity index (χ3n) is 4.59. The average Bonchev–Trinajstić information content (AvgIpc) is 2.95. The van der Waals surface area contributed by atoms with Gasteiger partial charge in [-0.3, -0.25) is 9.59 Å². The van der Waals surface area contributed by atoms with E-state index in [2.05, 4.69) is 21.2 Å². The summed E-state index contributed by atoms with van der Waals surface area (Å²) in [5, 5.41) is 2.97. The summed E-state index contributed by atoms with van der Waals surface area (Å²) in [7, 11) is 0. The maximum Gasteiger partial charge on any atom is 0.229 e. The summed E-state index contributed by atoms with van der Waals surface area (Å²) in [6.07, 6.45) is 0.242. The molecule has 25 heavy (non-hydrogen) atoms. The number of benzene rings is 2. The highest BCUT2D eigenvalue weighted by Crippen LogP contribution is 2.29. The highest BCUT2D eigenvalue weighted by molar-refractivity contribution is 9.10. The fourth-order valence-corrected chi connectivity index (χ4v) is 3.36. The van der Waals surface area contributed by atoms with Gasteiger partial charge in [-0.25, -0.2) is 0 Å². The Morgan fingerprint density at radius 3 is 2.56 bits per heavy atom. The van der Waals surface area contributed by atoms with Gasteiger partial charge in [0.05, 0.1) is 5.92 Å². The lowest BCUT2D eigenvalue weighted by Crippen LogP contribution is -2.28. The van der Waals surface area contributed by atoms with Crippen LogP contribution in [0.5, 0.6) is 0 Å². The Labute approximate surface area is 156 Å². The van der Waals surface area contributed by atoms with Gasteiger partial charge in [0.15, 0.2) is 0 Å². The zero-order valence-corrected chi connectivity index (χ0v) is 16.2. The number of halogens is 1. The Kier molecular flexibility index (Phi) is 4.95. The highest BCUT2D eigenvalue weighted by atomic mass is 79.9. The quantitative estimate of drug-likeness (QED) is 0.831. The number of carbonyl (C=O) groups excluding carboxylic acids is 2. The summed E-state index contributed by atoms with van der Waals surface area (Å²) in [6, 6.07) is 11.7. The molecule has 1 N–H and O–H groups in total. The standard InChI is InChI=1S/C20H21BrN2O2/c1-12-4-7-18(14(3)8-12)22-20(25)15-10-19(24)23(11-15)16-5-6-17(21)13(2)9-16/h4-9,15H,10-11H2,1-3H3,(H,22,25). The molecule has 130 valence electrons. The topological polar surface area (TPSA) is 49.4 Å². The molecular weight excluding hydrogens is 380 g/mol. The molecule has 1 aliphatic heterocycles. The molecule has 2 aromatic rings. The van der Waals surface area contributed by atoms with Crippen LogP contribution in [-0.4, -0.2) is 18.4 Å². The Hall–Kier alpha value is -2.14. The van der Waals surface area contributed by atoms with E-state index in [1.165, 1.54) is 0 Å². The van der Waals surface area contributed by atoms with Crippen molar-refractivity contribution >= 4 is 39.1 Å². The van der Waals surface area contributed by atoms with Crippen molar-refractivity contribution in [2.24, 2.45) is 5.92 Å². The maximum atomic E-state index is 12.6. The predicted molar refractivity (Wildman–Crippen MR) is 104 cm³/mol. The summed E-state index contributed by atoms with van der Waals surface area (Å²) >= 11 is 3.47. The summed E-state index contributed by atoms with van der Waals surface area (Å²) < 4.78 is 1.01. The van der Waals surface area contributed by atoms with Crippen molar-refractivity contribution in [2.45, 2.75) is 27.2 Å². The number of amides is 2. The summed E-state index contributed by atoms with van der Waals surface area (Å²) in [4.78, 5) is 26.7. The summed E-state index contributed by atoms with van der Waals surface area (Å²) in [5.74, 6) is -0.448. The molecule has 0 aliphatic carbocycles. The second-order valence-corrected chi connectivity index (χ2v) is 7.50. The number of anilines is 2. The van der Waals surface area contributed by atoms with Gasteiger partial charge in [0.2, 0.25) is 11.8 Å². The molecular formula is C20H21BrN2O2. The van der Waals surface area contributed by atoms with Gasteiger partial charge in [-0.1, -0.05) is 33.6 Å². The smallest absolute Gasteiger partial charge is 0.229 e.